The Morgan fingerprint density at radius 3 is 2.29 bits per heavy atom. The molecule has 2 N–H and O–H groups in total. The van der Waals surface area contributed by atoms with Gasteiger partial charge in [0.2, 0.25) is 0 Å². The maximum atomic E-state index is 12.2. The quantitative estimate of drug-likeness (QED) is 0.864. The summed E-state index contributed by atoms with van der Waals surface area (Å²) in [5, 5.41) is 0.326. The number of hydrogen-bond acceptors (Lipinski definition) is 1. The van der Waals surface area contributed by atoms with Crippen LogP contribution in [0.4, 0.5) is 8.78 Å². The summed E-state index contributed by atoms with van der Waals surface area (Å²) in [6, 6.07) is 3.11. The molecule has 1 nitrogen and oxygen atoms in total. The zero-order chi connectivity index (χ0) is 10.0. The van der Waals surface area contributed by atoms with Gasteiger partial charge in [0.05, 0.1) is 16.1 Å². The number of halogens is 5. The Balaban J connectivity index is 0.00000169. The molecule has 0 heterocycles. The summed E-state index contributed by atoms with van der Waals surface area (Å²) >= 11 is 11.3. The standard InChI is InChI=1S/C8H7Cl2F2N.ClH/c9-5-3-1-2-4(6(5)10)7(13)8(11)12;/h1-3,7-8H,13H2;1H/t7-;/m1./s1. The van der Waals surface area contributed by atoms with E-state index >= 15 is 0 Å². The van der Waals surface area contributed by atoms with E-state index in [1.165, 1.54) is 18.2 Å². The fraction of sp³-hybridized carbons (Fsp3) is 0.250. The van der Waals surface area contributed by atoms with Crippen LogP contribution in [0.15, 0.2) is 18.2 Å². The van der Waals surface area contributed by atoms with Crippen molar-refractivity contribution in [1.29, 1.82) is 0 Å². The van der Waals surface area contributed by atoms with Crippen LogP contribution in [0.1, 0.15) is 11.6 Å². The molecular weight excluding hydrogens is 254 g/mol. The molecule has 0 fully saturated rings. The Hall–Kier alpha value is -0.0900. The number of nitrogens with two attached hydrogens (primary N) is 1. The first-order chi connectivity index (χ1) is 6.04. The van der Waals surface area contributed by atoms with Gasteiger partial charge in [0, 0.05) is 0 Å². The zero-order valence-corrected chi connectivity index (χ0v) is 9.21. The zero-order valence-electron chi connectivity index (χ0n) is 6.88. The lowest BCUT2D eigenvalue weighted by atomic mass is 10.1. The van der Waals surface area contributed by atoms with E-state index in [9.17, 15) is 8.78 Å². The van der Waals surface area contributed by atoms with E-state index < -0.39 is 12.5 Å². The molecule has 14 heavy (non-hydrogen) atoms. The summed E-state index contributed by atoms with van der Waals surface area (Å²) in [5.41, 5.74) is 5.38. The van der Waals surface area contributed by atoms with Crippen LogP contribution in [-0.4, -0.2) is 6.43 Å². The van der Waals surface area contributed by atoms with Crippen molar-refractivity contribution >= 4 is 35.6 Å². The molecule has 0 radical (unpaired) electrons. The van der Waals surface area contributed by atoms with Gasteiger partial charge >= 0.3 is 0 Å². The highest BCUT2D eigenvalue weighted by Crippen LogP contribution is 2.31. The predicted molar refractivity (Wildman–Crippen MR) is 56.6 cm³/mol. The van der Waals surface area contributed by atoms with Crippen molar-refractivity contribution in [1.82, 2.24) is 0 Å². The average Bonchev–Trinajstić information content (AvgIpc) is 2.08. The van der Waals surface area contributed by atoms with Crippen LogP contribution >= 0.6 is 35.6 Å². The summed E-state index contributed by atoms with van der Waals surface area (Å²) in [5.74, 6) is 0. The molecule has 6 heteroatoms. The Labute approximate surface area is 96.6 Å². The van der Waals surface area contributed by atoms with Crippen molar-refractivity contribution in [3.8, 4) is 0 Å². The Bertz CT molecular complexity index is 307. The molecule has 1 aromatic rings. The number of rotatable bonds is 2. The van der Waals surface area contributed by atoms with Gasteiger partial charge in [0.15, 0.2) is 0 Å². The Morgan fingerprint density at radius 2 is 1.79 bits per heavy atom. The first-order valence-corrected chi connectivity index (χ1v) is 4.27. The van der Waals surface area contributed by atoms with Crippen LogP contribution in [0.5, 0.6) is 0 Å². The minimum Gasteiger partial charge on any atom is -0.319 e. The maximum absolute atomic E-state index is 12.2. The van der Waals surface area contributed by atoms with Crippen LogP contribution in [0.25, 0.3) is 0 Å². The van der Waals surface area contributed by atoms with Crippen molar-refractivity contribution in [3.05, 3.63) is 33.8 Å². The topological polar surface area (TPSA) is 26.0 Å². The largest absolute Gasteiger partial charge is 0.319 e. The fourth-order valence-electron chi connectivity index (χ4n) is 0.914. The first kappa shape index (κ1) is 13.9. The third kappa shape index (κ3) is 2.95. The molecule has 0 amide bonds. The van der Waals surface area contributed by atoms with Crippen molar-refractivity contribution < 1.29 is 8.78 Å². The van der Waals surface area contributed by atoms with E-state index in [4.69, 9.17) is 28.9 Å². The fourth-order valence-corrected chi connectivity index (χ4v) is 1.35. The maximum Gasteiger partial charge on any atom is 0.257 e. The molecule has 1 rings (SSSR count). The minimum atomic E-state index is -2.64. The highest BCUT2D eigenvalue weighted by molar-refractivity contribution is 6.42. The summed E-state index contributed by atoms with van der Waals surface area (Å²) in [7, 11) is 0. The van der Waals surface area contributed by atoms with Gasteiger partial charge < -0.3 is 5.73 Å². The van der Waals surface area contributed by atoms with Crippen LogP contribution in [-0.2, 0) is 0 Å². The molecule has 0 aliphatic heterocycles. The van der Waals surface area contributed by atoms with E-state index in [0.717, 1.165) is 0 Å². The number of alkyl halides is 2. The second-order valence-electron chi connectivity index (χ2n) is 2.50. The van der Waals surface area contributed by atoms with Crippen LogP contribution in [0.3, 0.4) is 0 Å². The van der Waals surface area contributed by atoms with Gasteiger partial charge in [-0.2, -0.15) is 0 Å². The van der Waals surface area contributed by atoms with Crippen LogP contribution in [0.2, 0.25) is 10.0 Å². The van der Waals surface area contributed by atoms with Crippen molar-refractivity contribution in [3.63, 3.8) is 0 Å². The van der Waals surface area contributed by atoms with E-state index in [1.54, 1.807) is 0 Å². The smallest absolute Gasteiger partial charge is 0.257 e. The summed E-state index contributed by atoms with van der Waals surface area (Å²) in [4.78, 5) is 0. The van der Waals surface area contributed by atoms with Gasteiger partial charge in [-0.1, -0.05) is 35.3 Å². The molecule has 0 saturated carbocycles. The van der Waals surface area contributed by atoms with E-state index in [-0.39, 0.29) is 28.0 Å². The molecule has 1 atom stereocenters. The van der Waals surface area contributed by atoms with Gasteiger partial charge in [-0.25, -0.2) is 8.78 Å². The number of hydrogen-bond donors (Lipinski definition) is 1. The molecule has 0 saturated heterocycles. The Kier molecular flexibility index (Phi) is 5.67. The van der Waals surface area contributed by atoms with Crippen LogP contribution < -0.4 is 5.73 Å². The summed E-state index contributed by atoms with van der Waals surface area (Å²) in [6.07, 6.45) is -2.64. The van der Waals surface area contributed by atoms with Gasteiger partial charge in [-0.05, 0) is 11.6 Å². The molecule has 0 unspecified atom stereocenters. The van der Waals surface area contributed by atoms with Gasteiger partial charge in [0.25, 0.3) is 6.43 Å². The Morgan fingerprint density at radius 1 is 1.21 bits per heavy atom. The molecular formula is C8H8Cl3F2N. The van der Waals surface area contributed by atoms with E-state index in [0.29, 0.717) is 0 Å². The second-order valence-corrected chi connectivity index (χ2v) is 3.29. The lowest BCUT2D eigenvalue weighted by Gasteiger charge is -2.12. The number of benzene rings is 1. The lowest BCUT2D eigenvalue weighted by Crippen LogP contribution is -2.19. The van der Waals surface area contributed by atoms with E-state index in [2.05, 4.69) is 0 Å². The molecule has 80 valence electrons. The molecule has 0 bridgehead atoms. The summed E-state index contributed by atoms with van der Waals surface area (Å²) < 4.78 is 24.4. The summed E-state index contributed by atoms with van der Waals surface area (Å²) in [6.45, 7) is 0. The van der Waals surface area contributed by atoms with Gasteiger partial charge in [-0.15, -0.1) is 12.4 Å². The SMILES string of the molecule is Cl.N[C@H](c1cccc(Cl)c1Cl)C(F)F. The minimum absolute atomic E-state index is 0. The van der Waals surface area contributed by atoms with Crippen molar-refractivity contribution in [2.75, 3.05) is 0 Å². The third-order valence-electron chi connectivity index (χ3n) is 1.61. The van der Waals surface area contributed by atoms with Gasteiger partial charge in [0.1, 0.15) is 0 Å². The normalized spacial score (nSPS) is 12.4. The molecule has 0 aliphatic rings. The molecule has 1 aromatic carbocycles. The van der Waals surface area contributed by atoms with Crippen molar-refractivity contribution in [2.45, 2.75) is 12.5 Å². The molecule has 0 spiro atoms. The predicted octanol–water partition coefficient (Wildman–Crippen LogP) is 3.68. The van der Waals surface area contributed by atoms with Crippen LogP contribution in [0, 0.1) is 0 Å². The van der Waals surface area contributed by atoms with Gasteiger partial charge in [-0.3, -0.25) is 0 Å². The molecule has 0 aromatic heterocycles. The highest BCUT2D eigenvalue weighted by atomic mass is 35.5. The second kappa shape index (κ2) is 5.71. The first-order valence-electron chi connectivity index (χ1n) is 3.51. The average molecular weight is 263 g/mol. The molecule has 0 aliphatic carbocycles. The van der Waals surface area contributed by atoms with Crippen molar-refractivity contribution in [2.24, 2.45) is 5.73 Å². The third-order valence-corrected chi connectivity index (χ3v) is 2.45. The van der Waals surface area contributed by atoms with E-state index in [1.807, 2.05) is 0 Å². The lowest BCUT2D eigenvalue weighted by molar-refractivity contribution is 0.116. The monoisotopic (exact) mass is 261 g/mol. The highest BCUT2D eigenvalue weighted by Gasteiger charge is 2.20.